The van der Waals surface area contributed by atoms with Crippen LogP contribution in [0.4, 0.5) is 0 Å². The molecule has 0 aromatic heterocycles. The first kappa shape index (κ1) is 19.0. The summed E-state index contributed by atoms with van der Waals surface area (Å²) in [5, 5.41) is 21.9. The van der Waals surface area contributed by atoms with Crippen LogP contribution >= 0.6 is 0 Å². The van der Waals surface area contributed by atoms with E-state index in [-0.39, 0.29) is 41.0 Å². The van der Waals surface area contributed by atoms with Crippen LogP contribution in [-0.2, 0) is 14.3 Å². The van der Waals surface area contributed by atoms with Gasteiger partial charge in [-0.2, -0.15) is 0 Å². The molecule has 1 saturated heterocycles. The fourth-order valence-corrected chi connectivity index (χ4v) is 3.01. The van der Waals surface area contributed by atoms with Gasteiger partial charge in [-0.1, -0.05) is 51.1 Å². The summed E-state index contributed by atoms with van der Waals surface area (Å²) in [5.74, 6) is -2.53. The van der Waals surface area contributed by atoms with Gasteiger partial charge in [-0.25, -0.2) is 0 Å². The number of carboxylic acid groups (broad SMARTS) is 1. The van der Waals surface area contributed by atoms with Crippen molar-refractivity contribution in [3.63, 3.8) is 0 Å². The Kier molecular flexibility index (Phi) is 5.16. The summed E-state index contributed by atoms with van der Waals surface area (Å²) in [6, 6.07) is 8.77. The van der Waals surface area contributed by atoms with Gasteiger partial charge in [0.15, 0.2) is 6.23 Å². The van der Waals surface area contributed by atoms with Crippen LogP contribution in [0.15, 0.2) is 41.8 Å². The summed E-state index contributed by atoms with van der Waals surface area (Å²) in [5.41, 5.74) is -0.229. The molecule has 2 aliphatic heterocycles. The number of nitrogens with zero attached hydrogens (tertiary/aromatic N) is 1. The van der Waals surface area contributed by atoms with E-state index < -0.39 is 35.5 Å². The number of rotatable bonds is 3. The van der Waals surface area contributed by atoms with Gasteiger partial charge in [0, 0.05) is 5.41 Å². The van der Waals surface area contributed by atoms with Crippen LogP contribution in [0.1, 0.15) is 32.4 Å². The molecule has 0 bridgehead atoms. The van der Waals surface area contributed by atoms with E-state index in [1.165, 1.54) is 0 Å². The minimum atomic E-state index is -1.45. The number of amides is 1. The van der Waals surface area contributed by atoms with Crippen molar-refractivity contribution >= 4 is 11.9 Å². The van der Waals surface area contributed by atoms with Crippen LogP contribution in [0.25, 0.3) is 0 Å². The number of hydrogen-bond acceptors (Lipinski definition) is 5. The number of fused-ring (bicyclic) bond motifs is 1. The largest absolute Gasteiger partial charge is 1.00 e. The van der Waals surface area contributed by atoms with E-state index >= 15 is 0 Å². The first-order valence-corrected chi connectivity index (χ1v) is 7.42. The Hall–Kier alpha value is -1.34. The molecule has 0 saturated carbocycles. The zero-order chi connectivity index (χ0) is 16.9. The topological polar surface area (TPSA) is 89.9 Å². The van der Waals surface area contributed by atoms with E-state index in [4.69, 9.17) is 4.74 Å². The Balaban J connectivity index is 0.00000208. The number of carbonyl (C=O) groups excluding carboxylic acids is 2. The van der Waals surface area contributed by atoms with E-state index in [0.29, 0.717) is 5.56 Å². The van der Waals surface area contributed by atoms with Gasteiger partial charge < -0.3 is 19.7 Å². The zero-order valence-corrected chi connectivity index (χ0v) is 16.1. The molecule has 24 heavy (non-hydrogen) atoms. The second-order valence-corrected chi connectivity index (χ2v) is 6.81. The number of ether oxygens (including phenoxy) is 1. The molecule has 3 rings (SSSR count). The molecule has 2 heterocycles. The second-order valence-electron chi connectivity index (χ2n) is 6.81. The number of aliphatic carboxylic acids is 1. The standard InChI is InChI=1S/C17H19NO5.Na/c1-17(2,3)13-11(16(21)22)18-14(20)10(15(18)23-13)12(19)9-7-5-4-6-8-9;/h4-8,10,12,15,19H,1-3H3,(H,21,22);/q;+1/p-1/t10-,12-,15-;/m0./s1. The first-order chi connectivity index (χ1) is 10.7. The maximum Gasteiger partial charge on any atom is 1.00 e. The molecule has 0 aliphatic carbocycles. The number of aliphatic hydroxyl groups excluding tert-OH is 1. The first-order valence-electron chi connectivity index (χ1n) is 7.42. The Morgan fingerprint density at radius 1 is 1.29 bits per heavy atom. The van der Waals surface area contributed by atoms with Crippen molar-refractivity contribution in [2.45, 2.75) is 33.1 Å². The minimum absolute atomic E-state index is 0. The molecule has 122 valence electrons. The van der Waals surface area contributed by atoms with Crippen molar-refractivity contribution in [2.24, 2.45) is 11.3 Å². The third-order valence-corrected chi connectivity index (χ3v) is 4.13. The summed E-state index contributed by atoms with van der Waals surface area (Å²) < 4.78 is 5.73. The molecule has 1 amide bonds. The number of hydrogen-bond donors (Lipinski definition) is 1. The maximum absolute atomic E-state index is 12.4. The summed E-state index contributed by atoms with van der Waals surface area (Å²) in [6.45, 7) is 5.39. The van der Waals surface area contributed by atoms with Crippen LogP contribution in [0.3, 0.4) is 0 Å². The van der Waals surface area contributed by atoms with Crippen LogP contribution in [-0.4, -0.2) is 28.1 Å². The average molecular weight is 339 g/mol. The van der Waals surface area contributed by atoms with E-state index in [1.807, 2.05) is 6.07 Å². The van der Waals surface area contributed by atoms with Crippen molar-refractivity contribution in [3.8, 4) is 0 Å². The van der Waals surface area contributed by atoms with Gasteiger partial charge in [0.2, 0.25) is 5.91 Å². The molecule has 1 aromatic carbocycles. The molecule has 0 radical (unpaired) electrons. The average Bonchev–Trinajstić information content (AvgIpc) is 2.84. The summed E-state index contributed by atoms with van der Waals surface area (Å²) >= 11 is 0. The third kappa shape index (κ3) is 2.88. The van der Waals surface area contributed by atoms with Gasteiger partial charge in [-0.15, -0.1) is 0 Å². The van der Waals surface area contributed by atoms with Gasteiger partial charge in [-0.3, -0.25) is 9.69 Å². The quantitative estimate of drug-likeness (QED) is 0.488. The summed E-state index contributed by atoms with van der Waals surface area (Å²) in [6.07, 6.45) is -1.85. The molecule has 6 nitrogen and oxygen atoms in total. The van der Waals surface area contributed by atoms with Gasteiger partial charge in [0.05, 0.1) is 12.1 Å². The van der Waals surface area contributed by atoms with Crippen LogP contribution < -0.4 is 34.7 Å². The number of β-lactam (4-membered cyclic amide) rings is 1. The molecule has 1 fully saturated rings. The molecule has 1 N–H and O–H groups in total. The molecule has 1 aromatic rings. The molecule has 2 aliphatic rings. The number of allylic oxidation sites excluding steroid dienone is 1. The predicted octanol–water partition coefficient (Wildman–Crippen LogP) is -2.45. The number of benzene rings is 1. The van der Waals surface area contributed by atoms with Gasteiger partial charge in [0.25, 0.3) is 0 Å². The van der Waals surface area contributed by atoms with Gasteiger partial charge >= 0.3 is 29.6 Å². The molecule has 0 spiro atoms. The fraction of sp³-hybridized carbons (Fsp3) is 0.412. The van der Waals surface area contributed by atoms with Gasteiger partial charge in [-0.05, 0) is 5.56 Å². The normalized spacial score (nSPS) is 23.8. The van der Waals surface area contributed by atoms with E-state index in [2.05, 4.69) is 0 Å². The van der Waals surface area contributed by atoms with Gasteiger partial charge in [0.1, 0.15) is 17.4 Å². The number of carboxylic acids is 1. The van der Waals surface area contributed by atoms with Crippen molar-refractivity contribution in [1.82, 2.24) is 4.90 Å². The van der Waals surface area contributed by atoms with E-state index in [0.717, 1.165) is 4.90 Å². The van der Waals surface area contributed by atoms with E-state index in [9.17, 15) is 19.8 Å². The summed E-state index contributed by atoms with van der Waals surface area (Å²) in [7, 11) is 0. The Morgan fingerprint density at radius 2 is 1.88 bits per heavy atom. The summed E-state index contributed by atoms with van der Waals surface area (Å²) in [4.78, 5) is 24.9. The van der Waals surface area contributed by atoms with Crippen molar-refractivity contribution < 1.29 is 54.1 Å². The maximum atomic E-state index is 12.4. The Bertz CT molecular complexity index is 695. The molecular formula is C17H18NNaO5. The third-order valence-electron chi connectivity index (χ3n) is 4.13. The van der Waals surface area contributed by atoms with Crippen molar-refractivity contribution in [1.29, 1.82) is 0 Å². The zero-order valence-electron chi connectivity index (χ0n) is 14.1. The molecule has 3 atom stereocenters. The minimum Gasteiger partial charge on any atom is -0.543 e. The molecular weight excluding hydrogens is 321 g/mol. The van der Waals surface area contributed by atoms with E-state index in [1.54, 1.807) is 45.0 Å². The number of carbonyl (C=O) groups is 2. The smallest absolute Gasteiger partial charge is 0.543 e. The van der Waals surface area contributed by atoms with Crippen molar-refractivity contribution in [3.05, 3.63) is 47.4 Å². The number of aliphatic hydroxyl groups is 1. The van der Waals surface area contributed by atoms with Crippen LogP contribution in [0.5, 0.6) is 0 Å². The SMILES string of the molecule is CC(C)(C)C1=C(C(=O)[O-])N2C(=O)[C@H]([C@@H](O)c3ccccc3)[C@@H]2O1.[Na+]. The molecule has 7 heteroatoms. The molecule has 0 unspecified atom stereocenters. The Morgan fingerprint density at radius 3 is 2.38 bits per heavy atom. The fourth-order valence-electron chi connectivity index (χ4n) is 3.01. The van der Waals surface area contributed by atoms with Crippen LogP contribution in [0.2, 0.25) is 0 Å². The van der Waals surface area contributed by atoms with Crippen molar-refractivity contribution in [2.75, 3.05) is 0 Å². The monoisotopic (exact) mass is 339 g/mol. The predicted molar refractivity (Wildman–Crippen MR) is 78.1 cm³/mol. The second kappa shape index (κ2) is 6.52. The Labute approximate surface area is 162 Å². The van der Waals surface area contributed by atoms with Crippen LogP contribution in [0, 0.1) is 11.3 Å².